The largest absolute Gasteiger partial charge is 0.493 e. The smallest absolute Gasteiger partial charge is 0.288 e. The summed E-state index contributed by atoms with van der Waals surface area (Å²) in [6.45, 7) is 2.85. The number of methoxy groups -OCH3 is 3. The molecule has 40 heavy (non-hydrogen) atoms. The molecule has 0 spiro atoms. The van der Waals surface area contributed by atoms with Crippen LogP contribution in [0.2, 0.25) is 5.02 Å². The van der Waals surface area contributed by atoms with E-state index in [0.29, 0.717) is 31.0 Å². The van der Waals surface area contributed by atoms with Crippen molar-refractivity contribution in [2.24, 2.45) is 0 Å². The molecule has 0 N–H and O–H groups in total. The van der Waals surface area contributed by atoms with Crippen LogP contribution in [0.25, 0.3) is 0 Å². The monoisotopic (exact) mass is 589 g/mol. The maximum atomic E-state index is 13.7. The van der Waals surface area contributed by atoms with E-state index in [1.807, 2.05) is 36.6 Å². The molecule has 0 fully saturated rings. The number of nitro groups is 1. The van der Waals surface area contributed by atoms with E-state index in [9.17, 15) is 19.7 Å². The molecule has 3 aromatic rings. The molecule has 214 valence electrons. The first-order chi connectivity index (χ1) is 19.2. The Bertz CT molecular complexity index is 1350. The Morgan fingerprint density at radius 2 is 1.75 bits per heavy atom. The predicted octanol–water partition coefficient (Wildman–Crippen LogP) is 5.00. The van der Waals surface area contributed by atoms with Crippen LogP contribution in [-0.2, 0) is 22.5 Å². The zero-order valence-electron chi connectivity index (χ0n) is 22.8. The lowest BCUT2D eigenvalue weighted by molar-refractivity contribution is -0.384. The van der Waals surface area contributed by atoms with Gasteiger partial charge in [0.25, 0.3) is 11.6 Å². The summed E-state index contributed by atoms with van der Waals surface area (Å²) >= 11 is 7.49. The lowest BCUT2D eigenvalue weighted by Gasteiger charge is -2.28. The van der Waals surface area contributed by atoms with E-state index in [4.69, 9.17) is 25.8 Å². The number of aryl methyl sites for hydroxylation is 1. The average Bonchev–Trinajstić information content (AvgIpc) is 3.36. The summed E-state index contributed by atoms with van der Waals surface area (Å²) in [5.74, 6) is 0.419. The second-order valence-corrected chi connectivity index (χ2v) is 10.3. The number of nitro benzene ring substituents is 1. The minimum absolute atomic E-state index is 0.0611. The number of halogens is 1. The van der Waals surface area contributed by atoms with E-state index >= 15 is 0 Å². The first-order valence-electron chi connectivity index (χ1n) is 12.4. The van der Waals surface area contributed by atoms with Crippen LogP contribution >= 0.6 is 22.9 Å². The number of hydrogen-bond acceptors (Lipinski definition) is 8. The fraction of sp³-hybridized carbons (Fsp3) is 0.357. The summed E-state index contributed by atoms with van der Waals surface area (Å²) in [4.78, 5) is 41.9. The van der Waals surface area contributed by atoms with Gasteiger partial charge in [0.15, 0.2) is 11.5 Å². The molecule has 0 aliphatic heterocycles. The van der Waals surface area contributed by atoms with Gasteiger partial charge in [-0.2, -0.15) is 0 Å². The number of carbonyl (C=O) groups is 2. The molecule has 0 radical (unpaired) electrons. The van der Waals surface area contributed by atoms with Crippen LogP contribution in [0, 0.1) is 17.0 Å². The molecule has 0 bridgehead atoms. The van der Waals surface area contributed by atoms with Crippen LogP contribution in [0.15, 0.2) is 47.8 Å². The van der Waals surface area contributed by atoms with Gasteiger partial charge in [0.05, 0.1) is 32.3 Å². The molecule has 10 nitrogen and oxygen atoms in total. The van der Waals surface area contributed by atoms with Gasteiger partial charge in [0.2, 0.25) is 5.91 Å². The zero-order chi connectivity index (χ0) is 29.2. The fourth-order valence-corrected chi connectivity index (χ4v) is 5.12. The number of amides is 2. The lowest BCUT2D eigenvalue weighted by atomic mass is 10.1. The standard InChI is InChI=1S/C28H32ClN3O7S/c1-19-10-14-40-26(19)17-30(11-9-20-5-8-24(38-3)25(15-20)39-4)27(33)18-31(12-13-37-2)28(34)21-6-7-22(29)23(16-21)32(35)36/h5-8,10,14-16H,9,11-13,17-18H2,1-4H3. The van der Waals surface area contributed by atoms with Crippen LogP contribution in [0.1, 0.15) is 26.4 Å². The number of thiophene rings is 1. The second kappa shape index (κ2) is 14.6. The highest BCUT2D eigenvalue weighted by Gasteiger charge is 2.25. The molecular formula is C28H32ClN3O7S. The third-order valence-electron chi connectivity index (χ3n) is 6.34. The van der Waals surface area contributed by atoms with Gasteiger partial charge in [0, 0.05) is 36.7 Å². The van der Waals surface area contributed by atoms with Gasteiger partial charge in [-0.05, 0) is 60.2 Å². The molecule has 2 amide bonds. The highest BCUT2D eigenvalue weighted by Crippen LogP contribution is 2.28. The van der Waals surface area contributed by atoms with Crippen molar-refractivity contribution in [2.45, 2.75) is 19.9 Å². The molecule has 1 heterocycles. The molecular weight excluding hydrogens is 558 g/mol. The Kier molecular flexibility index (Phi) is 11.3. The van der Waals surface area contributed by atoms with Crippen molar-refractivity contribution in [3.05, 3.63) is 84.5 Å². The van der Waals surface area contributed by atoms with E-state index in [0.717, 1.165) is 22.1 Å². The topological polar surface area (TPSA) is 111 Å². The first kappa shape index (κ1) is 30.9. The molecule has 3 rings (SSSR count). The van der Waals surface area contributed by atoms with Crippen molar-refractivity contribution in [2.75, 3.05) is 47.6 Å². The van der Waals surface area contributed by atoms with Crippen molar-refractivity contribution in [3.8, 4) is 11.5 Å². The highest BCUT2D eigenvalue weighted by molar-refractivity contribution is 7.10. The van der Waals surface area contributed by atoms with E-state index in [2.05, 4.69) is 0 Å². The fourth-order valence-electron chi connectivity index (χ4n) is 4.02. The van der Waals surface area contributed by atoms with Crippen molar-refractivity contribution in [1.82, 2.24) is 9.80 Å². The van der Waals surface area contributed by atoms with Gasteiger partial charge >= 0.3 is 0 Å². The molecule has 0 unspecified atom stereocenters. The van der Waals surface area contributed by atoms with Crippen molar-refractivity contribution in [1.29, 1.82) is 0 Å². The van der Waals surface area contributed by atoms with Gasteiger partial charge in [-0.3, -0.25) is 19.7 Å². The minimum Gasteiger partial charge on any atom is -0.493 e. The first-order valence-corrected chi connectivity index (χ1v) is 13.7. The molecule has 2 aromatic carbocycles. The lowest BCUT2D eigenvalue weighted by Crippen LogP contribution is -2.44. The number of carbonyl (C=O) groups excluding carboxylic acids is 2. The Labute approximate surface area is 242 Å². The van der Waals surface area contributed by atoms with Gasteiger partial charge in [-0.25, -0.2) is 0 Å². The van der Waals surface area contributed by atoms with Crippen LogP contribution in [0.5, 0.6) is 11.5 Å². The third kappa shape index (κ3) is 7.93. The van der Waals surface area contributed by atoms with Gasteiger partial charge < -0.3 is 24.0 Å². The number of hydrogen-bond donors (Lipinski definition) is 0. The van der Waals surface area contributed by atoms with E-state index in [1.165, 1.54) is 24.1 Å². The van der Waals surface area contributed by atoms with E-state index < -0.39 is 10.8 Å². The average molecular weight is 590 g/mol. The summed E-state index contributed by atoms with van der Waals surface area (Å²) in [6.07, 6.45) is 0.548. The zero-order valence-corrected chi connectivity index (χ0v) is 24.4. The molecule has 0 aliphatic carbocycles. The van der Waals surface area contributed by atoms with Crippen LogP contribution in [0.3, 0.4) is 0 Å². The summed E-state index contributed by atoms with van der Waals surface area (Å²) in [5, 5.41) is 13.3. The number of nitrogens with zero attached hydrogens (tertiary/aromatic N) is 3. The quantitative estimate of drug-likeness (QED) is 0.192. The maximum Gasteiger partial charge on any atom is 0.288 e. The molecule has 1 aromatic heterocycles. The minimum atomic E-state index is -0.650. The third-order valence-corrected chi connectivity index (χ3v) is 7.67. The normalized spacial score (nSPS) is 10.7. The predicted molar refractivity (Wildman–Crippen MR) is 154 cm³/mol. The van der Waals surface area contributed by atoms with Gasteiger partial charge in [0.1, 0.15) is 11.6 Å². The van der Waals surface area contributed by atoms with Crippen LogP contribution < -0.4 is 9.47 Å². The summed E-state index contributed by atoms with van der Waals surface area (Å²) in [6, 6.07) is 11.4. The van der Waals surface area contributed by atoms with Gasteiger partial charge in [-0.1, -0.05) is 17.7 Å². The van der Waals surface area contributed by atoms with Crippen molar-refractivity contribution >= 4 is 40.4 Å². The summed E-state index contributed by atoms with van der Waals surface area (Å²) < 4.78 is 15.9. The molecule has 0 saturated heterocycles. The molecule has 0 atom stereocenters. The summed E-state index contributed by atoms with van der Waals surface area (Å²) in [5.41, 5.74) is 1.72. The Hall–Kier alpha value is -3.67. The molecule has 0 saturated carbocycles. The molecule has 12 heteroatoms. The van der Waals surface area contributed by atoms with Crippen LogP contribution in [-0.4, -0.2) is 74.1 Å². The maximum absolute atomic E-state index is 13.7. The van der Waals surface area contributed by atoms with E-state index in [-0.39, 0.29) is 41.9 Å². The SMILES string of the molecule is COCCN(CC(=O)N(CCc1ccc(OC)c(OC)c1)Cc1sccc1C)C(=O)c1ccc(Cl)c([N+](=O)[O-])c1. The van der Waals surface area contributed by atoms with Gasteiger partial charge in [-0.15, -0.1) is 11.3 Å². The number of benzene rings is 2. The Balaban J connectivity index is 1.84. The highest BCUT2D eigenvalue weighted by atomic mass is 35.5. The Morgan fingerprint density at radius 1 is 1.00 bits per heavy atom. The number of rotatable bonds is 14. The Morgan fingerprint density at radius 3 is 2.38 bits per heavy atom. The van der Waals surface area contributed by atoms with Crippen molar-refractivity contribution in [3.63, 3.8) is 0 Å². The second-order valence-electron chi connectivity index (χ2n) is 8.92. The molecule has 0 aliphatic rings. The van der Waals surface area contributed by atoms with Crippen molar-refractivity contribution < 1.29 is 28.7 Å². The van der Waals surface area contributed by atoms with Crippen LogP contribution in [0.4, 0.5) is 5.69 Å². The summed E-state index contributed by atoms with van der Waals surface area (Å²) in [7, 11) is 4.63. The van der Waals surface area contributed by atoms with E-state index in [1.54, 1.807) is 30.5 Å². The number of ether oxygens (including phenoxy) is 3.